The molecule has 0 aliphatic carbocycles. The second-order valence-corrected chi connectivity index (χ2v) is 6.06. The van der Waals surface area contributed by atoms with Crippen LogP contribution in [0.25, 0.3) is 0 Å². The van der Waals surface area contributed by atoms with Crippen LogP contribution in [0.4, 0.5) is 4.79 Å². The SMILES string of the molecule is CC(CO)CN1CCN(C(=O)OC(C)(C)C)CC1. The molecular weight excluding hydrogens is 232 g/mol. The lowest BCUT2D eigenvalue weighted by Crippen LogP contribution is -2.50. The van der Waals surface area contributed by atoms with Gasteiger partial charge in [-0.2, -0.15) is 0 Å². The van der Waals surface area contributed by atoms with Crippen LogP contribution < -0.4 is 0 Å². The van der Waals surface area contributed by atoms with E-state index in [4.69, 9.17) is 9.84 Å². The number of rotatable bonds is 3. The summed E-state index contributed by atoms with van der Waals surface area (Å²) in [4.78, 5) is 15.9. The number of aliphatic hydroxyl groups excluding tert-OH is 1. The lowest BCUT2D eigenvalue weighted by atomic mass is 10.1. The van der Waals surface area contributed by atoms with Gasteiger partial charge in [-0.25, -0.2) is 4.79 Å². The lowest BCUT2D eigenvalue weighted by Gasteiger charge is -2.36. The third-order valence-electron chi connectivity index (χ3n) is 2.91. The van der Waals surface area contributed by atoms with Crippen LogP contribution in [-0.2, 0) is 4.74 Å². The van der Waals surface area contributed by atoms with Crippen LogP contribution in [0.15, 0.2) is 0 Å². The van der Waals surface area contributed by atoms with Gasteiger partial charge in [-0.1, -0.05) is 6.92 Å². The van der Waals surface area contributed by atoms with E-state index in [0.29, 0.717) is 13.1 Å². The van der Waals surface area contributed by atoms with Crippen molar-refractivity contribution in [2.75, 3.05) is 39.3 Å². The van der Waals surface area contributed by atoms with E-state index in [0.717, 1.165) is 19.6 Å². The van der Waals surface area contributed by atoms with Crippen molar-refractivity contribution in [1.82, 2.24) is 9.80 Å². The molecule has 106 valence electrons. The molecule has 0 saturated carbocycles. The third-order valence-corrected chi connectivity index (χ3v) is 2.91. The van der Waals surface area contributed by atoms with Crippen molar-refractivity contribution >= 4 is 6.09 Å². The Kier molecular flexibility index (Phi) is 5.41. The second kappa shape index (κ2) is 6.38. The van der Waals surface area contributed by atoms with Crippen LogP contribution in [0.3, 0.4) is 0 Å². The van der Waals surface area contributed by atoms with Crippen molar-refractivity contribution in [3.8, 4) is 0 Å². The molecule has 1 amide bonds. The van der Waals surface area contributed by atoms with Crippen molar-refractivity contribution in [3.63, 3.8) is 0 Å². The first-order valence-corrected chi connectivity index (χ1v) is 6.63. The smallest absolute Gasteiger partial charge is 0.410 e. The van der Waals surface area contributed by atoms with Crippen LogP contribution in [0.5, 0.6) is 0 Å². The summed E-state index contributed by atoms with van der Waals surface area (Å²) in [6.45, 7) is 11.9. The molecule has 0 aromatic carbocycles. The monoisotopic (exact) mass is 258 g/mol. The molecule has 0 bridgehead atoms. The fourth-order valence-electron chi connectivity index (χ4n) is 1.94. The Labute approximate surface area is 110 Å². The number of carbonyl (C=O) groups excluding carboxylic acids is 1. The molecule has 18 heavy (non-hydrogen) atoms. The Hall–Kier alpha value is -0.810. The summed E-state index contributed by atoms with van der Waals surface area (Å²) in [6, 6.07) is 0. The number of hydrogen-bond acceptors (Lipinski definition) is 4. The maximum absolute atomic E-state index is 11.8. The number of piperazine rings is 1. The fourth-order valence-corrected chi connectivity index (χ4v) is 1.94. The number of nitrogens with zero attached hydrogens (tertiary/aromatic N) is 2. The number of hydrogen-bond donors (Lipinski definition) is 1. The molecule has 1 rings (SSSR count). The molecule has 5 nitrogen and oxygen atoms in total. The minimum atomic E-state index is -0.431. The average molecular weight is 258 g/mol. The maximum Gasteiger partial charge on any atom is 0.410 e. The molecule has 1 saturated heterocycles. The van der Waals surface area contributed by atoms with E-state index in [2.05, 4.69) is 4.90 Å². The summed E-state index contributed by atoms with van der Waals surface area (Å²) in [7, 11) is 0. The average Bonchev–Trinajstić information content (AvgIpc) is 2.27. The number of amides is 1. The van der Waals surface area contributed by atoms with E-state index in [1.54, 1.807) is 4.90 Å². The first-order chi connectivity index (χ1) is 8.31. The molecule has 1 fully saturated rings. The molecule has 1 unspecified atom stereocenters. The van der Waals surface area contributed by atoms with Crippen molar-refractivity contribution < 1.29 is 14.6 Å². The van der Waals surface area contributed by atoms with Crippen LogP contribution in [0.1, 0.15) is 27.7 Å². The fraction of sp³-hybridized carbons (Fsp3) is 0.923. The summed E-state index contributed by atoms with van der Waals surface area (Å²) in [5.74, 6) is 0.290. The van der Waals surface area contributed by atoms with Gasteiger partial charge in [-0.3, -0.25) is 4.90 Å². The zero-order valence-corrected chi connectivity index (χ0v) is 12.0. The minimum Gasteiger partial charge on any atom is -0.444 e. The van der Waals surface area contributed by atoms with Gasteiger partial charge in [0, 0.05) is 39.3 Å². The summed E-state index contributed by atoms with van der Waals surface area (Å²) in [6.07, 6.45) is -0.225. The zero-order valence-electron chi connectivity index (χ0n) is 12.0. The Morgan fingerprint density at radius 1 is 1.28 bits per heavy atom. The number of carbonyl (C=O) groups is 1. The molecule has 0 radical (unpaired) electrons. The highest BCUT2D eigenvalue weighted by Crippen LogP contribution is 2.12. The van der Waals surface area contributed by atoms with Crippen molar-refractivity contribution in [2.45, 2.75) is 33.3 Å². The predicted octanol–water partition coefficient (Wildman–Crippen LogP) is 1.17. The largest absolute Gasteiger partial charge is 0.444 e. The standard InChI is InChI=1S/C13H26N2O3/c1-11(10-16)9-14-5-7-15(8-6-14)12(17)18-13(2,3)4/h11,16H,5-10H2,1-4H3. The molecule has 1 aliphatic heterocycles. The normalized spacial score (nSPS) is 19.7. The molecular formula is C13H26N2O3. The minimum absolute atomic E-state index is 0.215. The summed E-state index contributed by atoms with van der Waals surface area (Å²) >= 11 is 0. The first kappa shape index (κ1) is 15.2. The summed E-state index contributed by atoms with van der Waals surface area (Å²) < 4.78 is 5.34. The van der Waals surface area contributed by atoms with Gasteiger partial charge in [-0.05, 0) is 26.7 Å². The molecule has 0 aromatic rings. The molecule has 0 spiro atoms. The van der Waals surface area contributed by atoms with Crippen LogP contribution in [0.2, 0.25) is 0 Å². The van der Waals surface area contributed by atoms with Crippen LogP contribution in [0, 0.1) is 5.92 Å². The molecule has 1 atom stereocenters. The van der Waals surface area contributed by atoms with Gasteiger partial charge in [0.2, 0.25) is 0 Å². The molecule has 1 heterocycles. The highest BCUT2D eigenvalue weighted by atomic mass is 16.6. The van der Waals surface area contributed by atoms with E-state index in [1.807, 2.05) is 27.7 Å². The van der Waals surface area contributed by atoms with Gasteiger partial charge in [0.1, 0.15) is 5.60 Å². The van der Waals surface area contributed by atoms with Gasteiger partial charge in [0.05, 0.1) is 0 Å². The summed E-state index contributed by atoms with van der Waals surface area (Å²) in [5.41, 5.74) is -0.431. The van der Waals surface area contributed by atoms with Gasteiger partial charge >= 0.3 is 6.09 Å². The maximum atomic E-state index is 11.8. The Balaban J connectivity index is 2.33. The van der Waals surface area contributed by atoms with E-state index in [9.17, 15) is 4.79 Å². The van der Waals surface area contributed by atoms with Crippen LogP contribution in [-0.4, -0.2) is 65.9 Å². The number of ether oxygens (including phenoxy) is 1. The quantitative estimate of drug-likeness (QED) is 0.825. The second-order valence-electron chi connectivity index (χ2n) is 6.06. The highest BCUT2D eigenvalue weighted by Gasteiger charge is 2.26. The third kappa shape index (κ3) is 5.23. The van der Waals surface area contributed by atoms with Gasteiger partial charge in [0.25, 0.3) is 0 Å². The van der Waals surface area contributed by atoms with Crippen molar-refractivity contribution in [3.05, 3.63) is 0 Å². The van der Waals surface area contributed by atoms with Crippen molar-refractivity contribution in [2.24, 2.45) is 5.92 Å². The Morgan fingerprint density at radius 3 is 2.28 bits per heavy atom. The first-order valence-electron chi connectivity index (χ1n) is 6.63. The molecule has 1 N–H and O–H groups in total. The summed E-state index contributed by atoms with van der Waals surface area (Å²) in [5, 5.41) is 9.02. The number of aliphatic hydroxyl groups is 1. The van der Waals surface area contributed by atoms with E-state index >= 15 is 0 Å². The van der Waals surface area contributed by atoms with Crippen LogP contribution >= 0.6 is 0 Å². The zero-order chi connectivity index (χ0) is 13.8. The molecule has 0 aromatic heterocycles. The molecule has 5 heteroatoms. The van der Waals surface area contributed by atoms with Gasteiger partial charge in [0.15, 0.2) is 0 Å². The van der Waals surface area contributed by atoms with Gasteiger partial charge in [-0.15, -0.1) is 0 Å². The van der Waals surface area contributed by atoms with Crippen molar-refractivity contribution in [1.29, 1.82) is 0 Å². The van der Waals surface area contributed by atoms with Gasteiger partial charge < -0.3 is 14.7 Å². The highest BCUT2D eigenvalue weighted by molar-refractivity contribution is 5.68. The lowest BCUT2D eigenvalue weighted by molar-refractivity contribution is 0.0127. The Morgan fingerprint density at radius 2 is 1.83 bits per heavy atom. The van der Waals surface area contributed by atoms with E-state index in [1.165, 1.54) is 0 Å². The van der Waals surface area contributed by atoms with E-state index in [-0.39, 0.29) is 18.6 Å². The molecule has 1 aliphatic rings. The topological polar surface area (TPSA) is 53.0 Å². The predicted molar refractivity (Wildman–Crippen MR) is 70.5 cm³/mol. The Bertz CT molecular complexity index is 268. The van der Waals surface area contributed by atoms with E-state index < -0.39 is 5.60 Å².